The van der Waals surface area contributed by atoms with Crippen molar-refractivity contribution in [1.29, 1.82) is 0 Å². The van der Waals surface area contributed by atoms with Gasteiger partial charge in [-0.2, -0.15) is 0 Å². The molecule has 0 aliphatic carbocycles. The third-order valence-corrected chi connectivity index (χ3v) is 3.61. The van der Waals surface area contributed by atoms with Crippen molar-refractivity contribution in [2.75, 3.05) is 13.2 Å². The summed E-state index contributed by atoms with van der Waals surface area (Å²) in [6.45, 7) is 0.817. The summed E-state index contributed by atoms with van der Waals surface area (Å²) < 4.78 is 15.7. The van der Waals surface area contributed by atoms with E-state index in [1.165, 1.54) is 0 Å². The first kappa shape index (κ1) is 19.5. The van der Waals surface area contributed by atoms with Crippen LogP contribution >= 0.6 is 0 Å². The van der Waals surface area contributed by atoms with Crippen LogP contribution in [0.2, 0.25) is 0 Å². The number of rotatable bonds is 11. The second-order valence-electron chi connectivity index (χ2n) is 5.74. The van der Waals surface area contributed by atoms with Gasteiger partial charge < -0.3 is 14.2 Å². The molecule has 0 fully saturated rings. The van der Waals surface area contributed by atoms with Crippen molar-refractivity contribution in [3.05, 3.63) is 66.2 Å². The summed E-state index contributed by atoms with van der Waals surface area (Å²) in [5.74, 6) is 0.218. The van der Waals surface area contributed by atoms with Gasteiger partial charge in [0.2, 0.25) is 0 Å². The predicted octanol–water partition coefficient (Wildman–Crippen LogP) is 3.91. The highest BCUT2D eigenvalue weighted by molar-refractivity contribution is 5.70. The van der Waals surface area contributed by atoms with Crippen LogP contribution in [0.1, 0.15) is 31.2 Å². The van der Waals surface area contributed by atoms with Crippen LogP contribution in [0, 0.1) is 0 Å². The van der Waals surface area contributed by atoms with E-state index in [2.05, 4.69) is 0 Å². The molecule has 26 heavy (non-hydrogen) atoms. The predicted molar refractivity (Wildman–Crippen MR) is 97.6 cm³/mol. The molecule has 0 atom stereocenters. The van der Waals surface area contributed by atoms with Gasteiger partial charge in [0, 0.05) is 12.8 Å². The Hall–Kier alpha value is -2.82. The Morgan fingerprint density at radius 1 is 0.692 bits per heavy atom. The van der Waals surface area contributed by atoms with Crippen molar-refractivity contribution in [2.24, 2.45) is 0 Å². The molecular formula is C21H24O5. The van der Waals surface area contributed by atoms with Gasteiger partial charge >= 0.3 is 11.9 Å². The fraction of sp³-hybridized carbons (Fsp3) is 0.333. The Balaban J connectivity index is 1.46. The van der Waals surface area contributed by atoms with Crippen molar-refractivity contribution >= 4 is 11.9 Å². The van der Waals surface area contributed by atoms with E-state index in [1.807, 2.05) is 60.7 Å². The van der Waals surface area contributed by atoms with Gasteiger partial charge in [-0.15, -0.1) is 0 Å². The van der Waals surface area contributed by atoms with Crippen LogP contribution in [-0.4, -0.2) is 25.2 Å². The monoisotopic (exact) mass is 356 g/mol. The van der Waals surface area contributed by atoms with E-state index in [4.69, 9.17) is 14.2 Å². The molecule has 0 aliphatic rings. The molecule has 0 heterocycles. The lowest BCUT2D eigenvalue weighted by atomic mass is 10.2. The van der Waals surface area contributed by atoms with Crippen molar-refractivity contribution in [3.8, 4) is 5.75 Å². The standard InChI is InChI=1S/C21H24O5/c22-20(25-16-15-24-19-11-5-2-6-12-19)13-7-8-14-21(23)26-17-18-9-3-1-4-10-18/h1-6,9-12H,7-8,13-17H2. The molecule has 2 rings (SSSR count). The molecular weight excluding hydrogens is 332 g/mol. The summed E-state index contributed by atoms with van der Waals surface area (Å²) in [6, 6.07) is 18.9. The van der Waals surface area contributed by atoms with E-state index in [9.17, 15) is 9.59 Å². The fourth-order valence-corrected chi connectivity index (χ4v) is 2.25. The minimum atomic E-state index is -0.278. The van der Waals surface area contributed by atoms with Crippen LogP contribution < -0.4 is 4.74 Å². The van der Waals surface area contributed by atoms with Crippen LogP contribution in [0.4, 0.5) is 0 Å². The van der Waals surface area contributed by atoms with Crippen LogP contribution in [0.3, 0.4) is 0 Å². The Morgan fingerprint density at radius 3 is 1.92 bits per heavy atom. The summed E-state index contributed by atoms with van der Waals surface area (Å²) in [7, 11) is 0. The molecule has 0 bridgehead atoms. The maximum Gasteiger partial charge on any atom is 0.306 e. The molecule has 2 aromatic carbocycles. The summed E-state index contributed by atoms with van der Waals surface area (Å²) in [5, 5.41) is 0. The van der Waals surface area contributed by atoms with E-state index < -0.39 is 0 Å². The van der Waals surface area contributed by atoms with Crippen molar-refractivity contribution < 1.29 is 23.8 Å². The van der Waals surface area contributed by atoms with E-state index in [1.54, 1.807) is 0 Å². The maximum absolute atomic E-state index is 11.7. The average Bonchev–Trinajstić information content (AvgIpc) is 2.68. The van der Waals surface area contributed by atoms with Gasteiger partial charge in [-0.05, 0) is 30.5 Å². The van der Waals surface area contributed by atoms with E-state index in [0.29, 0.717) is 25.9 Å². The van der Waals surface area contributed by atoms with Crippen molar-refractivity contribution in [2.45, 2.75) is 32.3 Å². The zero-order valence-electron chi connectivity index (χ0n) is 14.8. The summed E-state index contributed by atoms with van der Waals surface area (Å²) in [6.07, 6.45) is 1.79. The lowest BCUT2D eigenvalue weighted by Crippen LogP contribution is -2.12. The number of benzene rings is 2. The minimum Gasteiger partial charge on any atom is -0.490 e. The lowest BCUT2D eigenvalue weighted by Gasteiger charge is -2.07. The first-order valence-corrected chi connectivity index (χ1v) is 8.77. The second kappa shape index (κ2) is 11.7. The third-order valence-electron chi connectivity index (χ3n) is 3.61. The first-order valence-electron chi connectivity index (χ1n) is 8.77. The number of hydrogen-bond acceptors (Lipinski definition) is 5. The molecule has 0 spiro atoms. The Bertz CT molecular complexity index is 655. The number of esters is 2. The van der Waals surface area contributed by atoms with Crippen LogP contribution in [0.5, 0.6) is 5.75 Å². The topological polar surface area (TPSA) is 61.8 Å². The van der Waals surface area contributed by atoms with Gasteiger partial charge in [0.15, 0.2) is 0 Å². The molecule has 0 aromatic heterocycles. The average molecular weight is 356 g/mol. The van der Waals surface area contributed by atoms with E-state index in [-0.39, 0.29) is 31.6 Å². The van der Waals surface area contributed by atoms with Crippen LogP contribution in [0.25, 0.3) is 0 Å². The Morgan fingerprint density at radius 2 is 1.27 bits per heavy atom. The Kier molecular flexibility index (Phi) is 8.77. The van der Waals surface area contributed by atoms with Gasteiger partial charge in [-0.25, -0.2) is 0 Å². The van der Waals surface area contributed by atoms with Crippen molar-refractivity contribution in [3.63, 3.8) is 0 Å². The minimum absolute atomic E-state index is 0.215. The smallest absolute Gasteiger partial charge is 0.306 e. The zero-order chi connectivity index (χ0) is 18.5. The normalized spacial score (nSPS) is 10.2. The summed E-state index contributed by atoms with van der Waals surface area (Å²) >= 11 is 0. The summed E-state index contributed by atoms with van der Waals surface area (Å²) in [4.78, 5) is 23.3. The molecule has 5 nitrogen and oxygen atoms in total. The molecule has 5 heteroatoms. The van der Waals surface area contributed by atoms with Crippen molar-refractivity contribution in [1.82, 2.24) is 0 Å². The Labute approximate surface area is 153 Å². The third kappa shape index (κ3) is 8.33. The molecule has 0 aliphatic heterocycles. The lowest BCUT2D eigenvalue weighted by molar-refractivity contribution is -0.147. The first-order chi connectivity index (χ1) is 12.7. The highest BCUT2D eigenvalue weighted by atomic mass is 16.6. The number of unbranched alkanes of at least 4 members (excludes halogenated alkanes) is 1. The van der Waals surface area contributed by atoms with Gasteiger partial charge in [0.1, 0.15) is 25.6 Å². The number of carbonyl (C=O) groups is 2. The van der Waals surface area contributed by atoms with Crippen LogP contribution in [0.15, 0.2) is 60.7 Å². The molecule has 138 valence electrons. The molecule has 0 N–H and O–H groups in total. The maximum atomic E-state index is 11.7. The highest BCUT2D eigenvalue weighted by Gasteiger charge is 2.06. The zero-order valence-corrected chi connectivity index (χ0v) is 14.8. The SMILES string of the molecule is O=C(CCCCC(=O)OCc1ccccc1)OCCOc1ccccc1. The number of para-hydroxylation sites is 1. The summed E-state index contributed by atoms with van der Waals surface area (Å²) in [5.41, 5.74) is 0.960. The molecule has 0 unspecified atom stereocenters. The van der Waals surface area contributed by atoms with Gasteiger partial charge in [-0.3, -0.25) is 9.59 Å². The molecule has 0 saturated carbocycles. The molecule has 2 aromatic rings. The molecule has 0 saturated heterocycles. The fourth-order valence-electron chi connectivity index (χ4n) is 2.25. The number of ether oxygens (including phenoxy) is 3. The van der Waals surface area contributed by atoms with Gasteiger partial charge in [-0.1, -0.05) is 48.5 Å². The highest BCUT2D eigenvalue weighted by Crippen LogP contribution is 2.08. The second-order valence-corrected chi connectivity index (χ2v) is 5.74. The largest absolute Gasteiger partial charge is 0.490 e. The number of hydrogen-bond donors (Lipinski definition) is 0. The number of carbonyl (C=O) groups excluding carboxylic acids is 2. The molecule has 0 radical (unpaired) electrons. The van der Waals surface area contributed by atoms with Crippen LogP contribution in [-0.2, 0) is 25.7 Å². The van der Waals surface area contributed by atoms with E-state index in [0.717, 1.165) is 11.3 Å². The quantitative estimate of drug-likeness (QED) is 0.451. The van der Waals surface area contributed by atoms with Gasteiger partial charge in [0.25, 0.3) is 0 Å². The van der Waals surface area contributed by atoms with Gasteiger partial charge in [0.05, 0.1) is 0 Å². The molecule has 0 amide bonds. The van der Waals surface area contributed by atoms with E-state index >= 15 is 0 Å².